The minimum absolute atomic E-state index is 0.709. The first kappa shape index (κ1) is 17.0. The predicted molar refractivity (Wildman–Crippen MR) is 97.9 cm³/mol. The number of benzene rings is 1. The van der Waals surface area contributed by atoms with E-state index in [1.807, 2.05) is 18.2 Å². The van der Waals surface area contributed by atoms with Gasteiger partial charge in [0.15, 0.2) is 5.82 Å². The molecule has 0 bridgehead atoms. The van der Waals surface area contributed by atoms with Gasteiger partial charge in [0.05, 0.1) is 12.3 Å². The zero-order valence-electron chi connectivity index (χ0n) is 14.6. The Kier molecular flexibility index (Phi) is 6.26. The van der Waals surface area contributed by atoms with E-state index in [1.165, 1.54) is 56.4 Å². The molecule has 1 aliphatic heterocycles. The molecule has 0 amide bonds. The fourth-order valence-electron chi connectivity index (χ4n) is 3.20. The maximum absolute atomic E-state index is 5.54. The lowest BCUT2D eigenvalue weighted by atomic mass is 10.1. The van der Waals surface area contributed by atoms with E-state index in [4.69, 9.17) is 4.84 Å². The van der Waals surface area contributed by atoms with Crippen molar-refractivity contribution in [3.63, 3.8) is 0 Å². The summed E-state index contributed by atoms with van der Waals surface area (Å²) in [6.07, 6.45) is 6.38. The lowest BCUT2D eigenvalue weighted by molar-refractivity contribution is 0.173. The Bertz CT molecular complexity index is 619. The van der Waals surface area contributed by atoms with Crippen molar-refractivity contribution in [1.29, 1.82) is 0 Å². The van der Waals surface area contributed by atoms with E-state index in [2.05, 4.69) is 39.6 Å². The summed E-state index contributed by atoms with van der Waals surface area (Å²) < 4.78 is 0. The van der Waals surface area contributed by atoms with Crippen molar-refractivity contribution < 1.29 is 4.84 Å². The predicted octanol–water partition coefficient (Wildman–Crippen LogP) is 3.99. The van der Waals surface area contributed by atoms with Crippen molar-refractivity contribution in [2.45, 2.75) is 39.0 Å². The molecule has 0 saturated carbocycles. The molecule has 1 aliphatic rings. The SMILES string of the molecule is Cc1ccccc1-c1cc(NOCCCCN2CCCCC2)n[nH]1. The van der Waals surface area contributed by atoms with Crippen molar-refractivity contribution >= 4 is 5.82 Å². The van der Waals surface area contributed by atoms with Crippen molar-refractivity contribution in [2.75, 3.05) is 31.7 Å². The highest BCUT2D eigenvalue weighted by atomic mass is 16.6. The fraction of sp³-hybridized carbons (Fsp3) is 0.526. The molecular formula is C19H28N4O. The summed E-state index contributed by atoms with van der Waals surface area (Å²) in [5, 5.41) is 7.31. The Balaban J connectivity index is 1.35. The van der Waals surface area contributed by atoms with Crippen LogP contribution in [0.5, 0.6) is 0 Å². The standard InChI is InChI=1S/C19H28N4O/c1-16-9-3-4-10-17(16)18-15-19(21-20-18)22-24-14-8-7-13-23-11-5-2-6-12-23/h3-4,9-10,15H,2,5-8,11-14H2,1H3,(H2,20,21,22). The highest BCUT2D eigenvalue weighted by Crippen LogP contribution is 2.22. The summed E-state index contributed by atoms with van der Waals surface area (Å²) in [6, 6.07) is 10.3. The van der Waals surface area contributed by atoms with Gasteiger partial charge in [-0.3, -0.25) is 9.94 Å². The average molecular weight is 328 g/mol. The summed E-state index contributed by atoms with van der Waals surface area (Å²) in [5.74, 6) is 0.726. The highest BCUT2D eigenvalue weighted by Gasteiger charge is 2.09. The summed E-state index contributed by atoms with van der Waals surface area (Å²) in [7, 11) is 0. The van der Waals surface area contributed by atoms with Gasteiger partial charge in [-0.1, -0.05) is 30.7 Å². The van der Waals surface area contributed by atoms with E-state index in [0.717, 1.165) is 17.9 Å². The molecule has 1 aromatic heterocycles. The highest BCUT2D eigenvalue weighted by molar-refractivity contribution is 5.65. The molecule has 5 heteroatoms. The number of H-pyrrole nitrogens is 1. The second kappa shape index (κ2) is 8.85. The number of rotatable bonds is 8. The second-order valence-electron chi connectivity index (χ2n) is 6.54. The van der Waals surface area contributed by atoms with E-state index < -0.39 is 0 Å². The van der Waals surface area contributed by atoms with Gasteiger partial charge in [0.1, 0.15) is 0 Å². The molecule has 0 spiro atoms. The largest absolute Gasteiger partial charge is 0.303 e. The van der Waals surface area contributed by atoms with Gasteiger partial charge < -0.3 is 4.90 Å². The third kappa shape index (κ3) is 4.82. The zero-order chi connectivity index (χ0) is 16.6. The van der Waals surface area contributed by atoms with Crippen molar-refractivity contribution in [2.24, 2.45) is 0 Å². The molecule has 24 heavy (non-hydrogen) atoms. The molecule has 1 saturated heterocycles. The van der Waals surface area contributed by atoms with Crippen LogP contribution in [0, 0.1) is 6.92 Å². The van der Waals surface area contributed by atoms with Gasteiger partial charge in [0.2, 0.25) is 0 Å². The number of hydrogen-bond donors (Lipinski definition) is 2. The Hall–Kier alpha value is -1.85. The molecule has 2 heterocycles. The van der Waals surface area contributed by atoms with Crippen molar-refractivity contribution in [1.82, 2.24) is 15.1 Å². The van der Waals surface area contributed by atoms with Crippen molar-refractivity contribution in [3.05, 3.63) is 35.9 Å². The van der Waals surface area contributed by atoms with Crippen LogP contribution in [0.2, 0.25) is 0 Å². The molecule has 0 aliphatic carbocycles. The molecular weight excluding hydrogens is 300 g/mol. The topological polar surface area (TPSA) is 53.2 Å². The maximum Gasteiger partial charge on any atom is 0.172 e. The van der Waals surface area contributed by atoms with Gasteiger partial charge in [-0.25, -0.2) is 5.48 Å². The third-order valence-electron chi connectivity index (χ3n) is 4.61. The summed E-state index contributed by atoms with van der Waals surface area (Å²) in [4.78, 5) is 8.11. The van der Waals surface area contributed by atoms with Crippen LogP contribution < -0.4 is 5.48 Å². The number of aromatic amines is 1. The Labute approximate surface area is 144 Å². The van der Waals surface area contributed by atoms with Gasteiger partial charge in [-0.15, -0.1) is 0 Å². The van der Waals surface area contributed by atoms with Crippen LogP contribution in [0.15, 0.2) is 30.3 Å². The third-order valence-corrected chi connectivity index (χ3v) is 4.61. The maximum atomic E-state index is 5.54. The monoisotopic (exact) mass is 328 g/mol. The van der Waals surface area contributed by atoms with E-state index in [9.17, 15) is 0 Å². The van der Waals surface area contributed by atoms with Crippen LogP contribution in [0.4, 0.5) is 5.82 Å². The first-order valence-corrected chi connectivity index (χ1v) is 9.04. The number of nitrogens with zero attached hydrogens (tertiary/aromatic N) is 2. The van der Waals surface area contributed by atoms with Gasteiger partial charge in [-0.2, -0.15) is 5.10 Å². The van der Waals surface area contributed by atoms with E-state index in [-0.39, 0.29) is 0 Å². The summed E-state index contributed by atoms with van der Waals surface area (Å²) >= 11 is 0. The number of unbranched alkanes of at least 4 members (excludes halogenated alkanes) is 1. The number of aromatic nitrogens is 2. The number of hydrogen-bond acceptors (Lipinski definition) is 4. The van der Waals surface area contributed by atoms with Gasteiger partial charge in [0.25, 0.3) is 0 Å². The van der Waals surface area contributed by atoms with Crippen LogP contribution in [0.1, 0.15) is 37.7 Å². The minimum Gasteiger partial charge on any atom is -0.303 e. The molecule has 0 radical (unpaired) electrons. The van der Waals surface area contributed by atoms with Crippen LogP contribution in [0.25, 0.3) is 11.3 Å². The number of piperidine rings is 1. The lowest BCUT2D eigenvalue weighted by Gasteiger charge is -2.26. The number of likely N-dealkylation sites (tertiary alicyclic amines) is 1. The fourth-order valence-corrected chi connectivity index (χ4v) is 3.20. The molecule has 0 unspecified atom stereocenters. The average Bonchev–Trinajstić information content (AvgIpc) is 3.08. The van der Waals surface area contributed by atoms with Crippen LogP contribution in [-0.2, 0) is 4.84 Å². The minimum atomic E-state index is 0.709. The number of nitrogens with one attached hydrogen (secondary N) is 2. The Morgan fingerprint density at radius 1 is 1.17 bits per heavy atom. The van der Waals surface area contributed by atoms with E-state index >= 15 is 0 Å². The molecule has 1 fully saturated rings. The lowest BCUT2D eigenvalue weighted by Crippen LogP contribution is -2.30. The molecule has 0 atom stereocenters. The van der Waals surface area contributed by atoms with Gasteiger partial charge >= 0.3 is 0 Å². The first-order valence-electron chi connectivity index (χ1n) is 9.04. The van der Waals surface area contributed by atoms with E-state index in [1.54, 1.807) is 0 Å². The van der Waals surface area contributed by atoms with Crippen LogP contribution in [-0.4, -0.2) is 41.3 Å². The Morgan fingerprint density at radius 2 is 2.00 bits per heavy atom. The molecule has 130 valence electrons. The smallest absolute Gasteiger partial charge is 0.172 e. The van der Waals surface area contributed by atoms with Crippen molar-refractivity contribution in [3.8, 4) is 11.3 Å². The number of anilines is 1. The molecule has 2 aromatic rings. The summed E-state index contributed by atoms with van der Waals surface area (Å²) in [5.41, 5.74) is 6.34. The van der Waals surface area contributed by atoms with Gasteiger partial charge in [0, 0.05) is 11.6 Å². The normalized spacial score (nSPS) is 15.5. The van der Waals surface area contributed by atoms with Crippen LogP contribution >= 0.6 is 0 Å². The van der Waals surface area contributed by atoms with Crippen LogP contribution in [0.3, 0.4) is 0 Å². The molecule has 1 aromatic carbocycles. The van der Waals surface area contributed by atoms with E-state index in [0.29, 0.717) is 6.61 Å². The Morgan fingerprint density at radius 3 is 2.83 bits per heavy atom. The molecule has 5 nitrogen and oxygen atoms in total. The quantitative estimate of drug-likeness (QED) is 0.568. The summed E-state index contributed by atoms with van der Waals surface area (Å²) in [6.45, 7) is 6.55. The second-order valence-corrected chi connectivity index (χ2v) is 6.54. The number of aryl methyl sites for hydroxylation is 1. The molecule has 3 rings (SSSR count). The molecule has 2 N–H and O–H groups in total. The van der Waals surface area contributed by atoms with Gasteiger partial charge in [-0.05, 0) is 57.8 Å². The first-order chi connectivity index (χ1) is 11.8. The zero-order valence-corrected chi connectivity index (χ0v) is 14.6.